The summed E-state index contributed by atoms with van der Waals surface area (Å²) < 4.78 is 30.2. The Labute approximate surface area is 200 Å². The Morgan fingerprint density at radius 1 is 1.00 bits per heavy atom. The Balaban J connectivity index is 1.32. The van der Waals surface area contributed by atoms with Crippen molar-refractivity contribution in [2.45, 2.75) is 43.7 Å². The second-order valence-electron chi connectivity index (χ2n) is 9.20. The molecule has 2 aromatic carbocycles. The van der Waals surface area contributed by atoms with Gasteiger partial charge in [0.2, 0.25) is 15.9 Å². The molecule has 2 aliphatic heterocycles. The molecule has 0 radical (unpaired) electrons. The van der Waals surface area contributed by atoms with Crippen LogP contribution in [0.5, 0.6) is 0 Å². The van der Waals surface area contributed by atoms with Crippen LogP contribution in [0.1, 0.15) is 32.7 Å². The molecule has 2 saturated heterocycles. The third-order valence-corrected chi connectivity index (χ3v) is 8.64. The van der Waals surface area contributed by atoms with Gasteiger partial charge < -0.3 is 9.80 Å². The molecule has 0 unspecified atom stereocenters. The molecule has 10 heteroatoms. The van der Waals surface area contributed by atoms with Crippen molar-refractivity contribution in [3.63, 3.8) is 0 Å². The number of amides is 1. The SMILES string of the molecule is CC(C)n1nnc2cc(S(=O)(=O)N3CCC[C@H]3C(=O)N3CCN(c4ccccc4)CC3)ccc21. The fourth-order valence-electron chi connectivity index (χ4n) is 4.91. The van der Waals surface area contributed by atoms with Crippen LogP contribution in [-0.4, -0.2) is 77.3 Å². The highest BCUT2D eigenvalue weighted by atomic mass is 32.2. The molecule has 0 N–H and O–H groups in total. The molecule has 0 spiro atoms. The summed E-state index contributed by atoms with van der Waals surface area (Å²) in [5.41, 5.74) is 2.47. The molecule has 1 aromatic heterocycles. The van der Waals surface area contributed by atoms with Crippen LogP contribution in [-0.2, 0) is 14.8 Å². The highest BCUT2D eigenvalue weighted by molar-refractivity contribution is 7.89. The van der Waals surface area contributed by atoms with Crippen molar-refractivity contribution in [3.8, 4) is 0 Å². The van der Waals surface area contributed by atoms with Gasteiger partial charge in [0.25, 0.3) is 0 Å². The van der Waals surface area contributed by atoms with Gasteiger partial charge >= 0.3 is 0 Å². The summed E-state index contributed by atoms with van der Waals surface area (Å²) >= 11 is 0. The number of rotatable bonds is 5. The van der Waals surface area contributed by atoms with Gasteiger partial charge in [-0.15, -0.1) is 5.10 Å². The fourth-order valence-corrected chi connectivity index (χ4v) is 6.58. The van der Waals surface area contributed by atoms with Crippen LogP contribution in [0.25, 0.3) is 11.0 Å². The van der Waals surface area contributed by atoms with Crippen LogP contribution in [0, 0.1) is 0 Å². The summed E-state index contributed by atoms with van der Waals surface area (Å²) in [4.78, 5) is 17.6. The monoisotopic (exact) mass is 482 g/mol. The number of aromatic nitrogens is 3. The van der Waals surface area contributed by atoms with Crippen molar-refractivity contribution in [2.24, 2.45) is 0 Å². The van der Waals surface area contributed by atoms with E-state index in [1.807, 2.05) is 36.9 Å². The lowest BCUT2D eigenvalue weighted by atomic mass is 10.1. The van der Waals surface area contributed by atoms with Gasteiger partial charge in [0.1, 0.15) is 11.6 Å². The lowest BCUT2D eigenvalue weighted by Gasteiger charge is -2.38. The molecule has 1 atom stereocenters. The molecular weight excluding hydrogens is 452 g/mol. The Morgan fingerprint density at radius 2 is 1.74 bits per heavy atom. The summed E-state index contributed by atoms with van der Waals surface area (Å²) in [6.45, 7) is 6.98. The van der Waals surface area contributed by atoms with Gasteiger partial charge in [-0.3, -0.25) is 4.79 Å². The number of hydrogen-bond acceptors (Lipinski definition) is 6. The highest BCUT2D eigenvalue weighted by Gasteiger charge is 2.41. The van der Waals surface area contributed by atoms with E-state index in [0.717, 1.165) is 24.3 Å². The number of piperazine rings is 1. The molecule has 34 heavy (non-hydrogen) atoms. The minimum atomic E-state index is -3.83. The van der Waals surface area contributed by atoms with Crippen LogP contribution < -0.4 is 4.90 Å². The Hall–Kier alpha value is -2.98. The van der Waals surface area contributed by atoms with E-state index in [0.29, 0.717) is 38.0 Å². The molecular formula is C24H30N6O3S. The Morgan fingerprint density at radius 3 is 2.44 bits per heavy atom. The minimum absolute atomic E-state index is 0.0967. The van der Waals surface area contributed by atoms with Crippen LogP contribution in [0.4, 0.5) is 5.69 Å². The number of fused-ring (bicyclic) bond motifs is 1. The topological polar surface area (TPSA) is 91.6 Å². The molecule has 2 aliphatic rings. The van der Waals surface area contributed by atoms with Gasteiger partial charge in [-0.25, -0.2) is 13.1 Å². The third kappa shape index (κ3) is 4.05. The van der Waals surface area contributed by atoms with Crippen LogP contribution in [0.15, 0.2) is 53.4 Å². The maximum atomic E-state index is 13.5. The van der Waals surface area contributed by atoms with Crippen LogP contribution >= 0.6 is 0 Å². The standard InChI is InChI=1S/C24H30N6O3S/c1-18(2)30-22-11-10-20(17-21(22)25-26-30)34(32,33)29-12-6-9-23(29)24(31)28-15-13-27(14-16-28)19-7-4-3-5-8-19/h3-5,7-8,10-11,17-18,23H,6,9,12-16H2,1-2H3/t23-/m0/s1. The first-order valence-electron chi connectivity index (χ1n) is 11.8. The van der Waals surface area contributed by atoms with Crippen LogP contribution in [0.2, 0.25) is 0 Å². The quantitative estimate of drug-likeness (QED) is 0.555. The molecule has 3 aromatic rings. The lowest BCUT2D eigenvalue weighted by molar-refractivity contribution is -0.134. The zero-order valence-electron chi connectivity index (χ0n) is 19.5. The second-order valence-corrected chi connectivity index (χ2v) is 11.1. The zero-order chi connectivity index (χ0) is 23.9. The molecule has 0 saturated carbocycles. The van der Waals surface area contributed by atoms with Gasteiger partial charge in [-0.05, 0) is 57.0 Å². The number of anilines is 1. The van der Waals surface area contributed by atoms with Gasteiger partial charge in [-0.1, -0.05) is 23.4 Å². The number of para-hydroxylation sites is 1. The van der Waals surface area contributed by atoms with Crippen molar-refractivity contribution in [2.75, 3.05) is 37.6 Å². The molecule has 5 rings (SSSR count). The first-order valence-corrected chi connectivity index (χ1v) is 13.3. The fraction of sp³-hybridized carbons (Fsp3) is 0.458. The first-order chi connectivity index (χ1) is 16.4. The van der Waals surface area contributed by atoms with Gasteiger partial charge in [0, 0.05) is 44.5 Å². The van der Waals surface area contributed by atoms with Crippen molar-refractivity contribution in [1.82, 2.24) is 24.2 Å². The van der Waals surface area contributed by atoms with E-state index in [9.17, 15) is 13.2 Å². The lowest BCUT2D eigenvalue weighted by Crippen LogP contribution is -2.54. The number of carbonyl (C=O) groups excluding carboxylic acids is 1. The average molecular weight is 483 g/mol. The summed E-state index contributed by atoms with van der Waals surface area (Å²) in [7, 11) is -3.83. The van der Waals surface area contributed by atoms with Crippen LogP contribution in [0.3, 0.4) is 0 Å². The Kier molecular flexibility index (Phi) is 6.03. The normalized spacial score (nSPS) is 19.9. The number of benzene rings is 2. The van der Waals surface area contributed by atoms with Crippen molar-refractivity contribution in [1.29, 1.82) is 0 Å². The molecule has 9 nitrogen and oxygen atoms in total. The molecule has 3 heterocycles. The highest BCUT2D eigenvalue weighted by Crippen LogP contribution is 2.29. The van der Waals surface area contributed by atoms with E-state index in [1.54, 1.807) is 22.9 Å². The van der Waals surface area contributed by atoms with Gasteiger partial charge in [0.05, 0.1) is 10.4 Å². The van der Waals surface area contributed by atoms with E-state index < -0.39 is 16.1 Å². The van der Waals surface area contributed by atoms with Crippen molar-refractivity contribution >= 4 is 32.7 Å². The van der Waals surface area contributed by atoms with E-state index in [-0.39, 0.29) is 16.8 Å². The summed E-state index contributed by atoms with van der Waals surface area (Å²) in [6.07, 6.45) is 1.22. The van der Waals surface area contributed by atoms with E-state index in [1.165, 1.54) is 4.31 Å². The summed E-state index contributed by atoms with van der Waals surface area (Å²) in [6, 6.07) is 14.5. The van der Waals surface area contributed by atoms with E-state index in [4.69, 9.17) is 0 Å². The van der Waals surface area contributed by atoms with E-state index in [2.05, 4.69) is 27.3 Å². The molecule has 0 bridgehead atoms. The number of sulfonamides is 1. The number of nitrogens with zero attached hydrogens (tertiary/aromatic N) is 6. The smallest absolute Gasteiger partial charge is 0.243 e. The largest absolute Gasteiger partial charge is 0.368 e. The molecule has 180 valence electrons. The third-order valence-electron chi connectivity index (χ3n) is 6.74. The second kappa shape index (κ2) is 8.99. The average Bonchev–Trinajstić information content (AvgIpc) is 3.52. The predicted octanol–water partition coefficient (Wildman–Crippen LogP) is 2.51. The summed E-state index contributed by atoms with van der Waals surface area (Å²) in [5.74, 6) is -0.0967. The van der Waals surface area contributed by atoms with Crippen molar-refractivity contribution < 1.29 is 13.2 Å². The maximum absolute atomic E-state index is 13.5. The Bertz CT molecular complexity index is 1280. The first kappa shape index (κ1) is 22.8. The number of hydrogen-bond donors (Lipinski definition) is 0. The molecule has 0 aliphatic carbocycles. The minimum Gasteiger partial charge on any atom is -0.368 e. The van der Waals surface area contributed by atoms with Gasteiger partial charge in [0.15, 0.2) is 0 Å². The summed E-state index contributed by atoms with van der Waals surface area (Å²) in [5, 5.41) is 8.29. The molecule has 2 fully saturated rings. The maximum Gasteiger partial charge on any atom is 0.243 e. The molecule has 1 amide bonds. The number of carbonyl (C=O) groups is 1. The van der Waals surface area contributed by atoms with Crippen molar-refractivity contribution in [3.05, 3.63) is 48.5 Å². The van der Waals surface area contributed by atoms with Gasteiger partial charge in [-0.2, -0.15) is 4.31 Å². The predicted molar refractivity (Wildman–Crippen MR) is 130 cm³/mol. The zero-order valence-corrected chi connectivity index (χ0v) is 20.4. The van der Waals surface area contributed by atoms with E-state index >= 15 is 0 Å².